The summed E-state index contributed by atoms with van der Waals surface area (Å²) in [4.78, 5) is 28.9. The maximum absolute atomic E-state index is 13.3. The predicted molar refractivity (Wildman–Crippen MR) is 142 cm³/mol. The number of sulfonamides is 1. The van der Waals surface area contributed by atoms with Crippen molar-refractivity contribution in [2.75, 3.05) is 53.4 Å². The maximum Gasteiger partial charge on any atom is 0.324 e. The number of anilines is 3. The number of benzene rings is 3. The largest absolute Gasteiger partial charge is 0.480 e. The molecule has 0 spiro atoms. The molecule has 0 radical (unpaired) electrons. The fraction of sp³-hybridized carbons (Fsp3) is 0.259. The Balaban J connectivity index is 1.39. The Bertz CT molecular complexity index is 1400. The standard InChI is InChI=1S/C27H28N4O5S/c32-26(33)19-31(37(35,36)24-4-2-1-3-5-24)23-10-11-25-21(18-23)12-15-30(25)27(34)20-6-8-22(9-7-20)29-16-13-28-14-17-29/h1-11,18,28H,12-17,19H2,(H,32,33). The quantitative estimate of drug-likeness (QED) is 0.493. The molecular weight excluding hydrogens is 492 g/mol. The first-order chi connectivity index (χ1) is 17.8. The average Bonchev–Trinajstić information content (AvgIpc) is 3.35. The zero-order valence-electron chi connectivity index (χ0n) is 20.2. The Morgan fingerprint density at radius 2 is 1.62 bits per heavy atom. The molecule has 1 amide bonds. The fourth-order valence-corrected chi connectivity index (χ4v) is 6.23. The first kappa shape index (κ1) is 24.8. The zero-order valence-corrected chi connectivity index (χ0v) is 21.0. The van der Waals surface area contributed by atoms with E-state index in [1.807, 2.05) is 24.3 Å². The maximum atomic E-state index is 13.3. The van der Waals surface area contributed by atoms with Gasteiger partial charge in [0.2, 0.25) is 0 Å². The van der Waals surface area contributed by atoms with Crippen molar-refractivity contribution in [3.8, 4) is 0 Å². The highest BCUT2D eigenvalue weighted by Crippen LogP contribution is 2.34. The molecule has 0 saturated carbocycles. The lowest BCUT2D eigenvalue weighted by atomic mass is 10.1. The molecule has 5 rings (SSSR count). The van der Waals surface area contributed by atoms with Crippen LogP contribution in [-0.2, 0) is 21.2 Å². The van der Waals surface area contributed by atoms with Crippen molar-refractivity contribution in [1.29, 1.82) is 0 Å². The number of carbonyl (C=O) groups excluding carboxylic acids is 1. The first-order valence-electron chi connectivity index (χ1n) is 12.1. The van der Waals surface area contributed by atoms with Crippen LogP contribution in [0.3, 0.4) is 0 Å². The van der Waals surface area contributed by atoms with Crippen LogP contribution in [0.1, 0.15) is 15.9 Å². The van der Waals surface area contributed by atoms with Crippen LogP contribution < -0.4 is 19.4 Å². The number of carboxylic acid groups (broad SMARTS) is 1. The van der Waals surface area contributed by atoms with E-state index in [0.717, 1.165) is 41.7 Å². The highest BCUT2D eigenvalue weighted by atomic mass is 32.2. The van der Waals surface area contributed by atoms with Gasteiger partial charge in [-0.25, -0.2) is 8.42 Å². The SMILES string of the molecule is O=C(O)CN(c1ccc2c(c1)CCN2C(=O)c1ccc(N2CCNCC2)cc1)S(=O)(=O)c1ccccc1. The minimum atomic E-state index is -4.09. The van der Waals surface area contributed by atoms with Gasteiger partial charge in [0.25, 0.3) is 15.9 Å². The number of carbonyl (C=O) groups is 2. The van der Waals surface area contributed by atoms with Crippen LogP contribution in [0.25, 0.3) is 0 Å². The second-order valence-electron chi connectivity index (χ2n) is 9.02. The van der Waals surface area contributed by atoms with Gasteiger partial charge in [0.05, 0.1) is 10.6 Å². The fourth-order valence-electron chi connectivity index (χ4n) is 4.81. The third-order valence-electron chi connectivity index (χ3n) is 6.70. The molecule has 2 heterocycles. The lowest BCUT2D eigenvalue weighted by Gasteiger charge is -2.29. The average molecular weight is 521 g/mol. The highest BCUT2D eigenvalue weighted by molar-refractivity contribution is 7.92. The van der Waals surface area contributed by atoms with Crippen molar-refractivity contribution < 1.29 is 23.1 Å². The lowest BCUT2D eigenvalue weighted by Crippen LogP contribution is -2.43. The molecule has 10 heteroatoms. The summed E-state index contributed by atoms with van der Waals surface area (Å²) in [5.41, 5.74) is 3.41. The Morgan fingerprint density at radius 1 is 0.919 bits per heavy atom. The number of nitrogens with one attached hydrogen (secondary N) is 1. The number of rotatable bonds is 7. The van der Waals surface area contributed by atoms with Crippen molar-refractivity contribution in [3.05, 3.63) is 83.9 Å². The number of hydrogen-bond donors (Lipinski definition) is 2. The molecule has 37 heavy (non-hydrogen) atoms. The summed E-state index contributed by atoms with van der Waals surface area (Å²) in [6.07, 6.45) is 0.542. The third kappa shape index (κ3) is 5.03. The van der Waals surface area contributed by atoms with E-state index in [1.165, 1.54) is 12.1 Å². The van der Waals surface area contributed by atoms with E-state index in [1.54, 1.807) is 41.3 Å². The Labute approximate surface area is 216 Å². The normalized spacial score (nSPS) is 15.4. The van der Waals surface area contributed by atoms with Gasteiger partial charge < -0.3 is 20.2 Å². The number of fused-ring (bicyclic) bond motifs is 1. The third-order valence-corrected chi connectivity index (χ3v) is 8.49. The van der Waals surface area contributed by atoms with Crippen LogP contribution >= 0.6 is 0 Å². The van der Waals surface area contributed by atoms with E-state index in [2.05, 4.69) is 10.2 Å². The first-order valence-corrected chi connectivity index (χ1v) is 13.6. The monoisotopic (exact) mass is 520 g/mol. The summed E-state index contributed by atoms with van der Waals surface area (Å²) >= 11 is 0. The van der Waals surface area contributed by atoms with Crippen molar-refractivity contribution in [3.63, 3.8) is 0 Å². The van der Waals surface area contributed by atoms with Gasteiger partial charge in [-0.1, -0.05) is 18.2 Å². The van der Waals surface area contributed by atoms with Gasteiger partial charge in [0.1, 0.15) is 6.54 Å². The molecule has 0 bridgehead atoms. The number of hydrogen-bond acceptors (Lipinski definition) is 6. The summed E-state index contributed by atoms with van der Waals surface area (Å²) < 4.78 is 27.4. The van der Waals surface area contributed by atoms with E-state index in [9.17, 15) is 23.1 Å². The van der Waals surface area contributed by atoms with Gasteiger partial charge >= 0.3 is 5.97 Å². The summed E-state index contributed by atoms with van der Waals surface area (Å²) in [6, 6.07) is 20.3. The van der Waals surface area contributed by atoms with Crippen LogP contribution in [0, 0.1) is 0 Å². The molecule has 192 valence electrons. The number of nitrogens with zero attached hydrogens (tertiary/aromatic N) is 3. The van der Waals surface area contributed by atoms with Gasteiger partial charge in [-0.3, -0.25) is 13.9 Å². The van der Waals surface area contributed by atoms with E-state index < -0.39 is 22.5 Å². The highest BCUT2D eigenvalue weighted by Gasteiger charge is 2.30. The van der Waals surface area contributed by atoms with E-state index in [-0.39, 0.29) is 16.5 Å². The number of piperazine rings is 1. The van der Waals surface area contributed by atoms with Crippen LogP contribution in [0.2, 0.25) is 0 Å². The molecule has 0 unspecified atom stereocenters. The number of amides is 1. The van der Waals surface area contributed by atoms with Crippen LogP contribution in [0.5, 0.6) is 0 Å². The molecule has 3 aromatic carbocycles. The molecule has 2 aliphatic rings. The predicted octanol–water partition coefficient (Wildman–Crippen LogP) is 2.58. The molecule has 2 N–H and O–H groups in total. The van der Waals surface area contributed by atoms with Crippen molar-refractivity contribution in [2.24, 2.45) is 0 Å². The summed E-state index contributed by atoms with van der Waals surface area (Å²) in [7, 11) is -4.09. The van der Waals surface area contributed by atoms with Crippen LogP contribution in [-0.4, -0.2) is 64.7 Å². The smallest absolute Gasteiger partial charge is 0.324 e. The zero-order chi connectivity index (χ0) is 26.0. The van der Waals surface area contributed by atoms with E-state index in [4.69, 9.17) is 0 Å². The Kier molecular flexibility index (Phi) is 6.86. The Morgan fingerprint density at radius 3 is 2.30 bits per heavy atom. The van der Waals surface area contributed by atoms with Crippen molar-refractivity contribution in [1.82, 2.24) is 5.32 Å². The topological polar surface area (TPSA) is 110 Å². The Hall–Kier alpha value is -3.89. The van der Waals surface area contributed by atoms with Gasteiger partial charge in [-0.05, 0) is 66.6 Å². The van der Waals surface area contributed by atoms with Crippen molar-refractivity contribution >= 4 is 39.0 Å². The van der Waals surface area contributed by atoms with Crippen LogP contribution in [0.15, 0.2) is 77.7 Å². The van der Waals surface area contributed by atoms with Gasteiger partial charge in [0.15, 0.2) is 0 Å². The minimum Gasteiger partial charge on any atom is -0.480 e. The second-order valence-corrected chi connectivity index (χ2v) is 10.9. The number of aliphatic carboxylic acids is 1. The molecular formula is C27H28N4O5S. The van der Waals surface area contributed by atoms with Gasteiger partial charge in [-0.2, -0.15) is 0 Å². The van der Waals surface area contributed by atoms with E-state index in [0.29, 0.717) is 24.2 Å². The summed E-state index contributed by atoms with van der Waals surface area (Å²) in [5, 5.41) is 12.8. The van der Waals surface area contributed by atoms with E-state index >= 15 is 0 Å². The van der Waals surface area contributed by atoms with Gasteiger partial charge in [-0.15, -0.1) is 0 Å². The molecule has 1 fully saturated rings. The van der Waals surface area contributed by atoms with Crippen LogP contribution in [0.4, 0.5) is 17.1 Å². The van der Waals surface area contributed by atoms with Gasteiger partial charge in [0, 0.05) is 49.7 Å². The molecule has 2 aliphatic heterocycles. The molecule has 0 aromatic heterocycles. The molecule has 3 aromatic rings. The molecule has 0 atom stereocenters. The second kappa shape index (κ2) is 10.2. The summed E-state index contributed by atoms with van der Waals surface area (Å²) in [6.45, 7) is 3.47. The summed E-state index contributed by atoms with van der Waals surface area (Å²) in [5.74, 6) is -1.39. The minimum absolute atomic E-state index is 0.0119. The molecule has 9 nitrogen and oxygen atoms in total. The van der Waals surface area contributed by atoms with Crippen molar-refractivity contribution in [2.45, 2.75) is 11.3 Å². The number of carboxylic acids is 1. The molecule has 1 saturated heterocycles. The molecule has 0 aliphatic carbocycles. The lowest BCUT2D eigenvalue weighted by molar-refractivity contribution is -0.135.